The van der Waals surface area contributed by atoms with Crippen molar-refractivity contribution in [3.8, 4) is 11.5 Å². The number of ether oxygens (including phenoxy) is 2. The van der Waals surface area contributed by atoms with Crippen LogP contribution >= 0.6 is 11.6 Å². The van der Waals surface area contributed by atoms with Gasteiger partial charge in [-0.2, -0.15) is 0 Å². The number of hydrogen-bond acceptors (Lipinski definition) is 5. The first-order chi connectivity index (χ1) is 9.60. The molecule has 0 saturated carbocycles. The summed E-state index contributed by atoms with van der Waals surface area (Å²) in [6.45, 7) is 2.06. The Labute approximate surface area is 120 Å². The minimum Gasteiger partial charge on any atom is -0.428 e. The Kier molecular flexibility index (Phi) is 4.32. The van der Waals surface area contributed by atoms with E-state index in [1.165, 1.54) is 24.5 Å². The van der Waals surface area contributed by atoms with Gasteiger partial charge in [-0.15, -0.1) is 0 Å². The molecule has 0 spiro atoms. The summed E-state index contributed by atoms with van der Waals surface area (Å²) >= 11 is 5.76. The van der Waals surface area contributed by atoms with Gasteiger partial charge in [0.2, 0.25) is 0 Å². The van der Waals surface area contributed by atoms with Crippen molar-refractivity contribution in [3.05, 3.63) is 52.8 Å². The van der Waals surface area contributed by atoms with Crippen LogP contribution in [0.2, 0.25) is 5.02 Å². The Bertz CT molecular complexity index is 657. The lowest BCUT2D eigenvalue weighted by Gasteiger charge is -2.08. The maximum absolute atomic E-state index is 12.1. The number of hydrogen-bond donors (Lipinski definition) is 0. The van der Waals surface area contributed by atoms with Gasteiger partial charge in [0.15, 0.2) is 5.75 Å². The zero-order valence-corrected chi connectivity index (χ0v) is 11.3. The quantitative estimate of drug-likeness (QED) is 0.640. The average molecular weight is 292 g/mol. The van der Waals surface area contributed by atoms with Gasteiger partial charge in [-0.05, 0) is 24.6 Å². The van der Waals surface area contributed by atoms with E-state index in [4.69, 9.17) is 21.1 Å². The summed E-state index contributed by atoms with van der Waals surface area (Å²) in [6.07, 6.45) is 2.78. The first kappa shape index (κ1) is 14.0. The topological polar surface area (TPSA) is 65.5 Å². The molecular formula is C14H10ClNO4. The van der Waals surface area contributed by atoms with Crippen molar-refractivity contribution in [2.75, 3.05) is 0 Å². The number of benzene rings is 1. The van der Waals surface area contributed by atoms with Crippen molar-refractivity contribution >= 4 is 24.0 Å². The maximum Gasteiger partial charge on any atom is 0.347 e. The van der Waals surface area contributed by atoms with Gasteiger partial charge in [-0.25, -0.2) is 4.79 Å². The third kappa shape index (κ3) is 3.33. The van der Waals surface area contributed by atoms with Crippen molar-refractivity contribution in [3.63, 3.8) is 0 Å². The Hall–Kier alpha value is -2.40. The molecule has 0 radical (unpaired) electrons. The number of nitrogens with zero attached hydrogens (tertiary/aromatic N) is 1. The number of carbonyl (C=O) groups excluding carboxylic acids is 2. The molecule has 0 unspecified atom stereocenters. The van der Waals surface area contributed by atoms with E-state index >= 15 is 0 Å². The zero-order chi connectivity index (χ0) is 14.5. The number of esters is 1. The van der Waals surface area contributed by atoms with Crippen LogP contribution in [0.25, 0.3) is 0 Å². The second-order valence-electron chi connectivity index (χ2n) is 3.94. The van der Waals surface area contributed by atoms with E-state index in [-0.39, 0.29) is 23.5 Å². The zero-order valence-electron chi connectivity index (χ0n) is 10.5. The molecule has 2 rings (SSSR count). The van der Waals surface area contributed by atoms with Crippen molar-refractivity contribution in [2.24, 2.45) is 0 Å². The third-order valence-corrected chi connectivity index (χ3v) is 2.63. The van der Waals surface area contributed by atoms with Gasteiger partial charge in [0.25, 0.3) is 6.47 Å². The summed E-state index contributed by atoms with van der Waals surface area (Å²) in [5.74, 6) is -0.318. The predicted molar refractivity (Wildman–Crippen MR) is 72.1 cm³/mol. The molecule has 1 aromatic carbocycles. The van der Waals surface area contributed by atoms with Gasteiger partial charge in [0, 0.05) is 12.3 Å². The lowest BCUT2D eigenvalue weighted by Crippen LogP contribution is -2.11. The van der Waals surface area contributed by atoms with Crippen molar-refractivity contribution < 1.29 is 19.1 Å². The second kappa shape index (κ2) is 6.16. The van der Waals surface area contributed by atoms with Crippen LogP contribution in [-0.2, 0) is 4.79 Å². The van der Waals surface area contributed by atoms with Crippen LogP contribution in [0, 0.1) is 6.92 Å². The molecule has 0 atom stereocenters. The molecule has 2 aromatic rings. The minimum atomic E-state index is -0.658. The summed E-state index contributed by atoms with van der Waals surface area (Å²) in [5, 5.41) is 0.351. The highest BCUT2D eigenvalue weighted by Gasteiger charge is 2.16. The van der Waals surface area contributed by atoms with Crippen molar-refractivity contribution in [1.82, 2.24) is 4.98 Å². The number of halogens is 1. The Balaban J connectivity index is 2.28. The third-order valence-electron chi connectivity index (χ3n) is 2.42. The van der Waals surface area contributed by atoms with Gasteiger partial charge < -0.3 is 9.47 Å². The van der Waals surface area contributed by atoms with E-state index in [2.05, 4.69) is 4.98 Å². The van der Waals surface area contributed by atoms with Gasteiger partial charge in [-0.1, -0.05) is 17.7 Å². The minimum absolute atomic E-state index is 0.130. The Morgan fingerprint density at radius 1 is 1.30 bits per heavy atom. The Morgan fingerprint density at radius 2 is 2.10 bits per heavy atom. The van der Waals surface area contributed by atoms with Crippen LogP contribution in [0.5, 0.6) is 11.5 Å². The highest BCUT2D eigenvalue weighted by molar-refractivity contribution is 6.30. The highest BCUT2D eigenvalue weighted by atomic mass is 35.5. The van der Waals surface area contributed by atoms with Crippen LogP contribution in [-0.4, -0.2) is 17.4 Å². The normalized spacial score (nSPS) is 9.90. The predicted octanol–water partition coefficient (Wildman–Crippen LogP) is 2.80. The number of aryl methyl sites for hydroxylation is 1. The SMILES string of the molecule is Cc1ccc(OC=O)c(C(=O)Oc2cncc(Cl)c2)c1. The van der Waals surface area contributed by atoms with E-state index in [0.29, 0.717) is 5.02 Å². The summed E-state index contributed by atoms with van der Waals surface area (Å²) in [6, 6.07) is 6.27. The molecule has 102 valence electrons. The summed E-state index contributed by atoms with van der Waals surface area (Å²) in [7, 11) is 0. The smallest absolute Gasteiger partial charge is 0.347 e. The molecule has 1 heterocycles. The van der Waals surface area contributed by atoms with Gasteiger partial charge in [0.05, 0.1) is 11.2 Å². The molecule has 0 N–H and O–H groups in total. The molecule has 0 amide bonds. The fourth-order valence-corrected chi connectivity index (χ4v) is 1.73. The van der Waals surface area contributed by atoms with E-state index in [9.17, 15) is 9.59 Å². The molecule has 0 aliphatic rings. The molecule has 0 saturated heterocycles. The van der Waals surface area contributed by atoms with Crippen LogP contribution in [0.3, 0.4) is 0 Å². The standard InChI is InChI=1S/C14H10ClNO4/c1-9-2-3-13(19-8-17)12(4-9)14(18)20-11-5-10(15)6-16-7-11/h2-8H,1H3. The Morgan fingerprint density at radius 3 is 2.80 bits per heavy atom. The molecule has 5 nitrogen and oxygen atoms in total. The lowest BCUT2D eigenvalue weighted by atomic mass is 10.1. The second-order valence-corrected chi connectivity index (χ2v) is 4.38. The lowest BCUT2D eigenvalue weighted by molar-refractivity contribution is -0.120. The van der Waals surface area contributed by atoms with E-state index < -0.39 is 5.97 Å². The van der Waals surface area contributed by atoms with Gasteiger partial charge >= 0.3 is 5.97 Å². The first-order valence-corrected chi connectivity index (χ1v) is 6.01. The molecule has 0 aliphatic heterocycles. The molecule has 1 aromatic heterocycles. The largest absolute Gasteiger partial charge is 0.428 e. The highest BCUT2D eigenvalue weighted by Crippen LogP contribution is 2.23. The molecular weight excluding hydrogens is 282 g/mol. The van der Waals surface area contributed by atoms with E-state index in [1.54, 1.807) is 12.1 Å². The monoisotopic (exact) mass is 291 g/mol. The number of rotatable bonds is 4. The van der Waals surface area contributed by atoms with Crippen LogP contribution < -0.4 is 9.47 Å². The first-order valence-electron chi connectivity index (χ1n) is 5.64. The number of pyridine rings is 1. The number of aromatic nitrogens is 1. The fourth-order valence-electron chi connectivity index (χ4n) is 1.57. The fraction of sp³-hybridized carbons (Fsp3) is 0.0714. The van der Waals surface area contributed by atoms with Crippen molar-refractivity contribution in [2.45, 2.75) is 6.92 Å². The molecule has 20 heavy (non-hydrogen) atoms. The van der Waals surface area contributed by atoms with Gasteiger partial charge in [-0.3, -0.25) is 9.78 Å². The molecule has 6 heteroatoms. The molecule has 0 fully saturated rings. The molecule has 0 aliphatic carbocycles. The molecule has 0 bridgehead atoms. The average Bonchev–Trinajstić information content (AvgIpc) is 2.41. The summed E-state index contributed by atoms with van der Waals surface area (Å²) < 4.78 is 9.89. The maximum atomic E-state index is 12.1. The van der Waals surface area contributed by atoms with Crippen LogP contribution in [0.1, 0.15) is 15.9 Å². The van der Waals surface area contributed by atoms with Crippen molar-refractivity contribution in [1.29, 1.82) is 0 Å². The van der Waals surface area contributed by atoms with Crippen LogP contribution in [0.4, 0.5) is 0 Å². The summed E-state index contributed by atoms with van der Waals surface area (Å²) in [5.41, 5.74) is 0.983. The van der Waals surface area contributed by atoms with Gasteiger partial charge in [0.1, 0.15) is 11.3 Å². The summed E-state index contributed by atoms with van der Waals surface area (Å²) in [4.78, 5) is 26.3. The van der Waals surface area contributed by atoms with E-state index in [0.717, 1.165) is 5.56 Å². The number of carbonyl (C=O) groups is 2. The van der Waals surface area contributed by atoms with E-state index in [1.807, 2.05) is 6.92 Å². The van der Waals surface area contributed by atoms with Crippen LogP contribution in [0.15, 0.2) is 36.7 Å².